The number of amides is 1. The lowest BCUT2D eigenvalue weighted by Gasteiger charge is -2.29. The topological polar surface area (TPSA) is 81.1 Å². The van der Waals surface area contributed by atoms with Gasteiger partial charge in [0.15, 0.2) is 0 Å². The van der Waals surface area contributed by atoms with Gasteiger partial charge in [-0.3, -0.25) is 4.79 Å². The fourth-order valence-corrected chi connectivity index (χ4v) is 4.99. The van der Waals surface area contributed by atoms with Crippen LogP contribution in [0, 0.1) is 0 Å². The van der Waals surface area contributed by atoms with E-state index in [1.807, 2.05) is 61.0 Å². The first-order valence-corrected chi connectivity index (χ1v) is 12.7. The van der Waals surface area contributed by atoms with Crippen LogP contribution in [0.4, 0.5) is 11.6 Å². The molecule has 1 aliphatic heterocycles. The number of benzene rings is 3. The van der Waals surface area contributed by atoms with Gasteiger partial charge in [0.05, 0.1) is 17.9 Å². The van der Waals surface area contributed by atoms with Gasteiger partial charge in [-0.2, -0.15) is 4.98 Å². The summed E-state index contributed by atoms with van der Waals surface area (Å²) in [6, 6.07) is 21.4. The van der Waals surface area contributed by atoms with Crippen LogP contribution in [0.15, 0.2) is 83.2 Å². The second kappa shape index (κ2) is 9.84. The van der Waals surface area contributed by atoms with E-state index in [2.05, 4.69) is 46.8 Å². The summed E-state index contributed by atoms with van der Waals surface area (Å²) >= 11 is 1.57. The molecule has 3 aromatic carbocycles. The van der Waals surface area contributed by atoms with Crippen molar-refractivity contribution in [2.24, 2.45) is 0 Å². The summed E-state index contributed by atoms with van der Waals surface area (Å²) in [4.78, 5) is 18.5. The Kier molecular flexibility index (Phi) is 6.46. The van der Waals surface area contributed by atoms with E-state index in [0.29, 0.717) is 34.7 Å². The first kappa shape index (κ1) is 23.0. The molecule has 0 saturated heterocycles. The number of rotatable bonds is 7. The van der Waals surface area contributed by atoms with Crippen LogP contribution < -0.4 is 15.4 Å². The van der Waals surface area contributed by atoms with Crippen molar-refractivity contribution < 1.29 is 9.53 Å². The first-order valence-electron chi connectivity index (χ1n) is 11.7. The molecule has 178 valence electrons. The van der Waals surface area contributed by atoms with E-state index in [1.54, 1.807) is 11.8 Å². The Bertz CT molecular complexity index is 1420. The summed E-state index contributed by atoms with van der Waals surface area (Å²) in [7, 11) is 0. The maximum absolute atomic E-state index is 13.9. The molecule has 1 unspecified atom stereocenters. The Morgan fingerprint density at radius 3 is 2.69 bits per heavy atom. The highest BCUT2D eigenvalue weighted by atomic mass is 32.2. The van der Waals surface area contributed by atoms with E-state index < -0.39 is 6.04 Å². The van der Waals surface area contributed by atoms with Crippen molar-refractivity contribution in [3.8, 4) is 5.75 Å². The summed E-state index contributed by atoms with van der Waals surface area (Å²) in [6.45, 7) is 6.41. The largest absolute Gasteiger partial charge is 0.492 e. The van der Waals surface area contributed by atoms with Crippen LogP contribution in [-0.2, 0) is 4.79 Å². The summed E-state index contributed by atoms with van der Waals surface area (Å²) in [6.07, 6.45) is 0. The molecule has 0 saturated carbocycles. The Hall–Kier alpha value is -3.78. The molecule has 2 N–H and O–H groups in total. The third kappa shape index (κ3) is 4.37. The van der Waals surface area contributed by atoms with Gasteiger partial charge in [0.25, 0.3) is 5.91 Å². The van der Waals surface area contributed by atoms with E-state index in [9.17, 15) is 4.79 Å². The molecule has 7 nitrogen and oxygen atoms in total. The molecule has 0 radical (unpaired) electrons. The van der Waals surface area contributed by atoms with Gasteiger partial charge in [0.2, 0.25) is 11.1 Å². The van der Waals surface area contributed by atoms with E-state index in [4.69, 9.17) is 9.84 Å². The molecule has 1 atom stereocenters. The smallest absolute Gasteiger partial charge is 0.255 e. The van der Waals surface area contributed by atoms with Crippen LogP contribution in [0.3, 0.4) is 0 Å². The average molecular weight is 486 g/mol. The van der Waals surface area contributed by atoms with Gasteiger partial charge >= 0.3 is 0 Å². The van der Waals surface area contributed by atoms with Crippen molar-refractivity contribution in [3.63, 3.8) is 0 Å². The number of allylic oxidation sites excluding steroid dienone is 1. The van der Waals surface area contributed by atoms with Gasteiger partial charge in [-0.25, -0.2) is 4.68 Å². The fourth-order valence-electron chi connectivity index (χ4n) is 4.43. The van der Waals surface area contributed by atoms with Crippen LogP contribution in [0.25, 0.3) is 10.8 Å². The van der Waals surface area contributed by atoms with Crippen molar-refractivity contribution in [1.29, 1.82) is 0 Å². The molecule has 1 aromatic heterocycles. The maximum Gasteiger partial charge on any atom is 0.255 e. The van der Waals surface area contributed by atoms with Crippen molar-refractivity contribution >= 4 is 40.1 Å². The Morgan fingerprint density at radius 2 is 1.86 bits per heavy atom. The zero-order valence-electron chi connectivity index (χ0n) is 19.9. The standard InChI is InChI=1S/C27H27N5O2S/c1-4-34-22-16-9-8-15-21(22)29-25(33)23-17(3)28-26-30-27(35-5-2)31-32(26)24(23)20-14-10-12-18-11-6-7-13-19(18)20/h6-16,24H,4-5H2,1-3H3,(H,29,33)(H,28,30,31). The Morgan fingerprint density at radius 1 is 1.09 bits per heavy atom. The lowest BCUT2D eigenvalue weighted by Crippen LogP contribution is -2.31. The van der Waals surface area contributed by atoms with E-state index >= 15 is 0 Å². The highest BCUT2D eigenvalue weighted by molar-refractivity contribution is 7.99. The molecular formula is C27H27N5O2S. The predicted molar refractivity (Wildman–Crippen MR) is 141 cm³/mol. The third-order valence-electron chi connectivity index (χ3n) is 5.90. The number of nitrogens with zero attached hydrogens (tertiary/aromatic N) is 3. The summed E-state index contributed by atoms with van der Waals surface area (Å²) < 4.78 is 7.56. The van der Waals surface area contributed by atoms with Crippen LogP contribution in [0.5, 0.6) is 5.75 Å². The number of hydrogen-bond acceptors (Lipinski definition) is 6. The molecule has 1 aliphatic rings. The quantitative estimate of drug-likeness (QED) is 0.319. The van der Waals surface area contributed by atoms with E-state index in [0.717, 1.165) is 27.8 Å². The summed E-state index contributed by atoms with van der Waals surface area (Å²) in [5.74, 6) is 1.90. The Labute approximate surface area is 208 Å². The number of aromatic nitrogens is 3. The van der Waals surface area contributed by atoms with Gasteiger partial charge in [0.1, 0.15) is 11.8 Å². The van der Waals surface area contributed by atoms with Crippen molar-refractivity contribution in [2.45, 2.75) is 32.0 Å². The number of anilines is 2. The van der Waals surface area contributed by atoms with Gasteiger partial charge in [0, 0.05) is 5.70 Å². The zero-order valence-corrected chi connectivity index (χ0v) is 20.7. The highest BCUT2D eigenvalue weighted by Gasteiger charge is 2.35. The van der Waals surface area contributed by atoms with Crippen LogP contribution in [0.2, 0.25) is 0 Å². The number of thioether (sulfide) groups is 1. The second-order valence-corrected chi connectivity index (χ2v) is 9.34. The Balaban J connectivity index is 1.64. The maximum atomic E-state index is 13.9. The normalized spacial score (nSPS) is 15.0. The number of nitrogens with one attached hydrogen (secondary N) is 2. The van der Waals surface area contributed by atoms with Crippen LogP contribution in [-0.4, -0.2) is 33.0 Å². The molecule has 5 rings (SSSR count). The average Bonchev–Trinajstić information content (AvgIpc) is 3.26. The molecule has 4 aromatic rings. The molecular weight excluding hydrogens is 458 g/mol. The number of hydrogen-bond donors (Lipinski definition) is 2. The monoisotopic (exact) mass is 485 g/mol. The predicted octanol–water partition coefficient (Wildman–Crippen LogP) is 5.87. The molecule has 0 spiro atoms. The minimum atomic E-state index is -0.449. The first-order chi connectivity index (χ1) is 17.1. The van der Waals surface area contributed by atoms with Gasteiger partial charge < -0.3 is 15.4 Å². The van der Waals surface area contributed by atoms with Gasteiger partial charge in [-0.05, 0) is 48.1 Å². The van der Waals surface area contributed by atoms with Crippen LogP contribution >= 0.6 is 11.8 Å². The minimum Gasteiger partial charge on any atom is -0.492 e. The SMILES string of the molecule is CCOc1ccccc1NC(=O)C1=C(C)Nc2nc(SCC)nn2C1c1cccc2ccccc12. The molecule has 8 heteroatoms. The molecule has 0 bridgehead atoms. The molecule has 35 heavy (non-hydrogen) atoms. The third-order valence-corrected chi connectivity index (χ3v) is 6.62. The van der Waals surface area contributed by atoms with Crippen LogP contribution in [0.1, 0.15) is 32.4 Å². The summed E-state index contributed by atoms with van der Waals surface area (Å²) in [5, 5.41) is 14.0. The molecule has 0 fully saturated rings. The zero-order chi connectivity index (χ0) is 24.4. The summed E-state index contributed by atoms with van der Waals surface area (Å²) in [5.41, 5.74) is 2.94. The number of ether oxygens (including phenoxy) is 1. The van der Waals surface area contributed by atoms with E-state index in [1.165, 1.54) is 0 Å². The van der Waals surface area contributed by atoms with Crippen molar-refractivity contribution in [1.82, 2.24) is 14.8 Å². The molecule has 1 amide bonds. The van der Waals surface area contributed by atoms with Crippen molar-refractivity contribution in [3.05, 3.63) is 83.6 Å². The number of carbonyl (C=O) groups is 1. The van der Waals surface area contributed by atoms with Crippen molar-refractivity contribution in [2.75, 3.05) is 23.0 Å². The van der Waals surface area contributed by atoms with Gasteiger partial charge in [-0.1, -0.05) is 73.3 Å². The second-order valence-electron chi connectivity index (χ2n) is 8.11. The number of fused-ring (bicyclic) bond motifs is 2. The lowest BCUT2D eigenvalue weighted by molar-refractivity contribution is -0.113. The fraction of sp³-hybridized carbons (Fsp3) is 0.222. The molecule has 2 heterocycles. The van der Waals surface area contributed by atoms with E-state index in [-0.39, 0.29) is 5.91 Å². The number of carbonyl (C=O) groups excluding carboxylic acids is 1. The molecule has 0 aliphatic carbocycles. The minimum absolute atomic E-state index is 0.217. The lowest BCUT2D eigenvalue weighted by atomic mass is 9.91. The van der Waals surface area contributed by atoms with Gasteiger partial charge in [-0.15, -0.1) is 5.10 Å². The highest BCUT2D eigenvalue weighted by Crippen LogP contribution is 2.39. The number of para-hydroxylation sites is 2.